The predicted octanol–water partition coefficient (Wildman–Crippen LogP) is 2.48. The number of ether oxygens (including phenoxy) is 1. The van der Waals surface area contributed by atoms with Crippen molar-refractivity contribution in [1.82, 2.24) is 0 Å². The maximum Gasteiger partial charge on any atom is 0.183 e. The van der Waals surface area contributed by atoms with Crippen LogP contribution in [0.25, 0.3) is 0 Å². The topological polar surface area (TPSA) is 60.4 Å². The number of hydrogen-bond acceptors (Lipinski definition) is 4. The summed E-state index contributed by atoms with van der Waals surface area (Å²) in [5.41, 5.74) is 0.374. The van der Waals surface area contributed by atoms with E-state index < -0.39 is 20.4 Å². The second-order valence-electron chi connectivity index (χ2n) is 4.98. The molecule has 1 rings (SSSR count). The molecular formula is C14H20O4S. The molecule has 0 radical (unpaired) electrons. The number of ketones is 1. The van der Waals surface area contributed by atoms with Gasteiger partial charge in [0.05, 0.1) is 6.61 Å². The van der Waals surface area contributed by atoms with E-state index >= 15 is 0 Å². The molecular weight excluding hydrogens is 264 g/mol. The van der Waals surface area contributed by atoms with Crippen molar-refractivity contribution in [2.45, 2.75) is 31.9 Å². The number of Topliss-reactive ketones (excluding diaryl/α,β-unsaturated/α-hetero) is 1. The lowest BCUT2D eigenvalue weighted by atomic mass is 10.0. The molecule has 0 N–H and O–H groups in total. The van der Waals surface area contributed by atoms with Crippen molar-refractivity contribution in [3.05, 3.63) is 29.8 Å². The second kappa shape index (κ2) is 5.74. The zero-order valence-electron chi connectivity index (χ0n) is 11.8. The molecule has 0 aliphatic rings. The molecule has 0 unspecified atom stereocenters. The minimum atomic E-state index is -3.45. The van der Waals surface area contributed by atoms with E-state index in [1.807, 2.05) is 6.92 Å². The zero-order chi connectivity index (χ0) is 14.7. The predicted molar refractivity (Wildman–Crippen MR) is 75.5 cm³/mol. The van der Waals surface area contributed by atoms with Gasteiger partial charge >= 0.3 is 0 Å². The highest BCUT2D eigenvalue weighted by atomic mass is 32.2. The van der Waals surface area contributed by atoms with Gasteiger partial charge in [0.15, 0.2) is 15.6 Å². The molecule has 0 aromatic heterocycles. The van der Waals surface area contributed by atoms with Gasteiger partial charge in [0.25, 0.3) is 0 Å². The van der Waals surface area contributed by atoms with E-state index in [1.54, 1.807) is 24.3 Å². The molecule has 4 nitrogen and oxygen atoms in total. The van der Waals surface area contributed by atoms with Crippen molar-refractivity contribution in [2.75, 3.05) is 12.9 Å². The normalized spacial score (nSPS) is 12.2. The van der Waals surface area contributed by atoms with Gasteiger partial charge in [-0.15, -0.1) is 0 Å². The van der Waals surface area contributed by atoms with Gasteiger partial charge in [-0.25, -0.2) is 8.42 Å². The first-order valence-electron chi connectivity index (χ1n) is 6.17. The first-order chi connectivity index (χ1) is 8.70. The Bertz CT molecular complexity index is 541. The lowest BCUT2D eigenvalue weighted by molar-refractivity contribution is 0.0954. The average Bonchev–Trinajstić information content (AvgIpc) is 2.34. The van der Waals surface area contributed by atoms with E-state index in [-0.39, 0.29) is 0 Å². The van der Waals surface area contributed by atoms with Crippen molar-refractivity contribution in [1.29, 1.82) is 0 Å². The summed E-state index contributed by atoms with van der Waals surface area (Å²) in [7, 11) is -3.45. The van der Waals surface area contributed by atoms with Gasteiger partial charge in [-0.2, -0.15) is 0 Å². The highest BCUT2D eigenvalue weighted by molar-refractivity contribution is 7.92. The summed E-state index contributed by atoms with van der Waals surface area (Å²) in [6, 6.07) is 6.56. The Labute approximate surface area is 114 Å². The number of hydrogen-bond donors (Lipinski definition) is 0. The minimum Gasteiger partial charge on any atom is -0.494 e. The van der Waals surface area contributed by atoms with E-state index in [2.05, 4.69) is 0 Å². The Morgan fingerprint density at radius 3 is 2.16 bits per heavy atom. The SMILES string of the molecule is CCCOc1ccc(C(=O)C(C)(C)S(C)(=O)=O)cc1. The standard InChI is InChI=1S/C14H20O4S/c1-5-10-18-12-8-6-11(7-9-12)13(15)14(2,3)19(4,16)17/h6-9H,5,10H2,1-4H3. The van der Waals surface area contributed by atoms with Crippen LogP contribution in [0.1, 0.15) is 37.6 Å². The Hall–Kier alpha value is -1.36. The van der Waals surface area contributed by atoms with Gasteiger partial charge in [0.2, 0.25) is 0 Å². The Morgan fingerprint density at radius 2 is 1.74 bits per heavy atom. The van der Waals surface area contributed by atoms with Crippen LogP contribution >= 0.6 is 0 Å². The van der Waals surface area contributed by atoms with E-state index in [4.69, 9.17) is 4.74 Å². The first kappa shape index (κ1) is 15.7. The molecule has 0 fully saturated rings. The smallest absolute Gasteiger partial charge is 0.183 e. The molecule has 0 spiro atoms. The van der Waals surface area contributed by atoms with Gasteiger partial charge in [0.1, 0.15) is 10.5 Å². The lowest BCUT2D eigenvalue weighted by Crippen LogP contribution is -2.39. The third-order valence-corrected chi connectivity index (χ3v) is 5.10. The van der Waals surface area contributed by atoms with Gasteiger partial charge in [-0.3, -0.25) is 4.79 Å². The average molecular weight is 284 g/mol. The molecule has 106 valence electrons. The van der Waals surface area contributed by atoms with Gasteiger partial charge in [-0.1, -0.05) is 6.92 Å². The monoisotopic (exact) mass is 284 g/mol. The van der Waals surface area contributed by atoms with Crippen LogP contribution in [0.3, 0.4) is 0 Å². The van der Waals surface area contributed by atoms with Crippen molar-refractivity contribution in [2.24, 2.45) is 0 Å². The van der Waals surface area contributed by atoms with Crippen LogP contribution in [0, 0.1) is 0 Å². The van der Waals surface area contributed by atoms with Crippen LogP contribution in [-0.4, -0.2) is 31.8 Å². The van der Waals surface area contributed by atoms with E-state index in [1.165, 1.54) is 13.8 Å². The van der Waals surface area contributed by atoms with E-state index in [0.29, 0.717) is 17.9 Å². The summed E-state index contributed by atoms with van der Waals surface area (Å²) in [4.78, 5) is 12.2. The Balaban J connectivity index is 2.96. The molecule has 0 aliphatic carbocycles. The zero-order valence-corrected chi connectivity index (χ0v) is 12.6. The number of sulfone groups is 1. The molecule has 0 atom stereocenters. The molecule has 0 saturated carbocycles. The second-order valence-corrected chi connectivity index (χ2v) is 7.55. The Kier molecular flexibility index (Phi) is 4.74. The summed E-state index contributed by atoms with van der Waals surface area (Å²) >= 11 is 0. The molecule has 0 saturated heterocycles. The molecule has 0 heterocycles. The molecule has 0 bridgehead atoms. The van der Waals surface area contributed by atoms with Crippen LogP contribution in [0.15, 0.2) is 24.3 Å². The summed E-state index contributed by atoms with van der Waals surface area (Å²) < 4.78 is 27.3. The minimum absolute atomic E-state index is 0.374. The summed E-state index contributed by atoms with van der Waals surface area (Å²) in [5, 5.41) is 0. The van der Waals surface area contributed by atoms with Crippen LogP contribution in [-0.2, 0) is 9.84 Å². The summed E-state index contributed by atoms with van der Waals surface area (Å²) in [6.07, 6.45) is 1.98. The van der Waals surface area contributed by atoms with Crippen LogP contribution in [0.5, 0.6) is 5.75 Å². The lowest BCUT2D eigenvalue weighted by Gasteiger charge is -2.20. The quantitative estimate of drug-likeness (QED) is 0.753. The third kappa shape index (κ3) is 3.56. The molecule has 0 amide bonds. The largest absolute Gasteiger partial charge is 0.494 e. The fourth-order valence-electron chi connectivity index (χ4n) is 1.44. The highest BCUT2D eigenvalue weighted by Crippen LogP contribution is 2.23. The van der Waals surface area contributed by atoms with Crippen LogP contribution in [0.2, 0.25) is 0 Å². The fraction of sp³-hybridized carbons (Fsp3) is 0.500. The van der Waals surface area contributed by atoms with E-state index in [9.17, 15) is 13.2 Å². The Morgan fingerprint density at radius 1 is 1.21 bits per heavy atom. The maximum absolute atomic E-state index is 12.2. The molecule has 1 aromatic rings. The van der Waals surface area contributed by atoms with Gasteiger partial charge in [-0.05, 0) is 44.5 Å². The first-order valence-corrected chi connectivity index (χ1v) is 8.06. The molecule has 19 heavy (non-hydrogen) atoms. The number of carbonyl (C=O) groups is 1. The fourth-order valence-corrected chi connectivity index (χ4v) is 1.89. The number of carbonyl (C=O) groups excluding carboxylic acids is 1. The molecule has 1 aromatic carbocycles. The van der Waals surface area contributed by atoms with Crippen LogP contribution in [0.4, 0.5) is 0 Å². The summed E-state index contributed by atoms with van der Waals surface area (Å²) in [6.45, 7) is 5.47. The maximum atomic E-state index is 12.2. The highest BCUT2D eigenvalue weighted by Gasteiger charge is 2.38. The third-order valence-electron chi connectivity index (χ3n) is 3.06. The molecule has 0 aliphatic heterocycles. The van der Waals surface area contributed by atoms with Gasteiger partial charge < -0.3 is 4.74 Å². The summed E-state index contributed by atoms with van der Waals surface area (Å²) in [5.74, 6) is 0.271. The number of rotatable bonds is 6. The van der Waals surface area contributed by atoms with Crippen molar-refractivity contribution in [3.8, 4) is 5.75 Å². The van der Waals surface area contributed by atoms with Crippen molar-refractivity contribution in [3.63, 3.8) is 0 Å². The van der Waals surface area contributed by atoms with Crippen molar-refractivity contribution >= 4 is 15.6 Å². The van der Waals surface area contributed by atoms with Gasteiger partial charge in [0, 0.05) is 11.8 Å². The van der Waals surface area contributed by atoms with E-state index in [0.717, 1.165) is 12.7 Å². The number of benzene rings is 1. The molecule has 5 heteroatoms. The van der Waals surface area contributed by atoms with Crippen LogP contribution < -0.4 is 4.74 Å². The van der Waals surface area contributed by atoms with Crippen molar-refractivity contribution < 1.29 is 17.9 Å².